The van der Waals surface area contributed by atoms with Crippen LogP contribution in [0.1, 0.15) is 17.2 Å². The molecule has 1 aliphatic rings. The average molecular weight is 231 g/mol. The van der Waals surface area contributed by atoms with E-state index in [4.69, 9.17) is 0 Å². The fourth-order valence-electron chi connectivity index (χ4n) is 2.18. The van der Waals surface area contributed by atoms with E-state index in [2.05, 4.69) is 10.3 Å². The van der Waals surface area contributed by atoms with Crippen molar-refractivity contribution in [1.82, 2.24) is 14.9 Å². The van der Waals surface area contributed by atoms with Crippen LogP contribution in [0.15, 0.2) is 30.7 Å². The van der Waals surface area contributed by atoms with E-state index < -0.39 is 0 Å². The number of benzene rings is 1. The predicted molar refractivity (Wildman–Crippen MR) is 63.9 cm³/mol. The van der Waals surface area contributed by atoms with Gasteiger partial charge in [0.15, 0.2) is 0 Å². The normalized spacial score (nSPS) is 15.9. The predicted octanol–water partition coefficient (Wildman–Crippen LogP) is 2.01. The molecule has 1 saturated heterocycles. The van der Waals surface area contributed by atoms with E-state index in [9.17, 15) is 4.39 Å². The van der Waals surface area contributed by atoms with Gasteiger partial charge in [0.25, 0.3) is 0 Å². The molecule has 0 unspecified atom stereocenters. The van der Waals surface area contributed by atoms with Gasteiger partial charge in [0.1, 0.15) is 5.82 Å². The minimum atomic E-state index is -0.202. The molecule has 0 bridgehead atoms. The van der Waals surface area contributed by atoms with Crippen molar-refractivity contribution in [2.75, 3.05) is 13.1 Å². The molecule has 3 nitrogen and oxygen atoms in total. The van der Waals surface area contributed by atoms with Crippen molar-refractivity contribution in [3.05, 3.63) is 47.8 Å². The van der Waals surface area contributed by atoms with Crippen LogP contribution in [0.4, 0.5) is 4.39 Å². The highest BCUT2D eigenvalue weighted by atomic mass is 19.1. The van der Waals surface area contributed by atoms with Gasteiger partial charge in [-0.05, 0) is 30.7 Å². The van der Waals surface area contributed by atoms with E-state index in [1.807, 2.05) is 23.8 Å². The standard InChI is InChI=1S/C13H14FN3/c1-9-2-11(14)4-12(3-9)17-8-16-7-13(17)10-5-15-6-10/h2-4,7-8,10,15H,5-6H2,1H3. The molecule has 4 heteroatoms. The van der Waals surface area contributed by atoms with Gasteiger partial charge in [-0.25, -0.2) is 9.37 Å². The fraction of sp³-hybridized carbons (Fsp3) is 0.308. The molecule has 3 rings (SSSR count). The Morgan fingerprint density at radius 1 is 1.35 bits per heavy atom. The number of aromatic nitrogens is 2. The van der Waals surface area contributed by atoms with Gasteiger partial charge in [-0.3, -0.25) is 0 Å². The number of hydrogen-bond acceptors (Lipinski definition) is 2. The van der Waals surface area contributed by atoms with Crippen LogP contribution in [0.3, 0.4) is 0 Å². The number of halogens is 1. The molecule has 0 spiro atoms. The number of rotatable bonds is 2. The summed E-state index contributed by atoms with van der Waals surface area (Å²) < 4.78 is 15.4. The molecule has 0 saturated carbocycles. The number of aryl methyl sites for hydroxylation is 1. The van der Waals surface area contributed by atoms with Crippen molar-refractivity contribution in [1.29, 1.82) is 0 Å². The highest BCUT2D eigenvalue weighted by molar-refractivity contribution is 5.38. The Balaban J connectivity index is 2.05. The molecule has 0 radical (unpaired) electrons. The summed E-state index contributed by atoms with van der Waals surface area (Å²) >= 11 is 0. The molecular formula is C13H14FN3. The Labute approximate surface area is 99.3 Å². The summed E-state index contributed by atoms with van der Waals surface area (Å²) in [6.07, 6.45) is 3.62. The second-order valence-electron chi connectivity index (χ2n) is 4.53. The van der Waals surface area contributed by atoms with E-state index in [0.717, 1.165) is 30.0 Å². The first-order chi connectivity index (χ1) is 8.24. The lowest BCUT2D eigenvalue weighted by Crippen LogP contribution is -2.40. The molecule has 2 aromatic rings. The monoisotopic (exact) mass is 231 g/mol. The minimum Gasteiger partial charge on any atom is -0.315 e. The van der Waals surface area contributed by atoms with Gasteiger partial charge in [-0.15, -0.1) is 0 Å². The van der Waals surface area contributed by atoms with E-state index in [1.54, 1.807) is 12.4 Å². The Morgan fingerprint density at radius 2 is 2.18 bits per heavy atom. The van der Waals surface area contributed by atoms with Crippen LogP contribution in [0, 0.1) is 12.7 Å². The highest BCUT2D eigenvalue weighted by Gasteiger charge is 2.22. The van der Waals surface area contributed by atoms with E-state index in [1.165, 1.54) is 6.07 Å². The van der Waals surface area contributed by atoms with Gasteiger partial charge in [0.2, 0.25) is 0 Å². The first-order valence-corrected chi connectivity index (χ1v) is 5.74. The summed E-state index contributed by atoms with van der Waals surface area (Å²) in [4.78, 5) is 4.17. The third-order valence-corrected chi connectivity index (χ3v) is 3.17. The first-order valence-electron chi connectivity index (χ1n) is 5.74. The fourth-order valence-corrected chi connectivity index (χ4v) is 2.18. The van der Waals surface area contributed by atoms with Crippen LogP contribution >= 0.6 is 0 Å². The zero-order chi connectivity index (χ0) is 11.8. The summed E-state index contributed by atoms with van der Waals surface area (Å²) in [6.45, 7) is 3.84. The molecule has 0 atom stereocenters. The van der Waals surface area contributed by atoms with Gasteiger partial charge >= 0.3 is 0 Å². The Bertz CT molecular complexity index is 523. The quantitative estimate of drug-likeness (QED) is 0.856. The molecule has 17 heavy (non-hydrogen) atoms. The van der Waals surface area contributed by atoms with Crippen molar-refractivity contribution in [2.24, 2.45) is 0 Å². The van der Waals surface area contributed by atoms with Crippen molar-refractivity contribution in [3.63, 3.8) is 0 Å². The van der Waals surface area contributed by atoms with E-state index in [-0.39, 0.29) is 5.82 Å². The highest BCUT2D eigenvalue weighted by Crippen LogP contribution is 2.23. The number of imidazole rings is 1. The summed E-state index contributed by atoms with van der Waals surface area (Å²) in [5.41, 5.74) is 2.92. The SMILES string of the molecule is Cc1cc(F)cc(-n2cncc2C2CNC2)c1. The van der Waals surface area contributed by atoms with Crippen LogP contribution in [-0.4, -0.2) is 22.6 Å². The van der Waals surface area contributed by atoms with Crippen LogP contribution in [0.5, 0.6) is 0 Å². The third-order valence-electron chi connectivity index (χ3n) is 3.17. The van der Waals surface area contributed by atoms with Crippen molar-refractivity contribution in [3.8, 4) is 5.69 Å². The zero-order valence-corrected chi connectivity index (χ0v) is 9.65. The first kappa shape index (κ1) is 10.5. The third kappa shape index (κ3) is 1.85. The van der Waals surface area contributed by atoms with Gasteiger partial charge < -0.3 is 9.88 Å². The average Bonchev–Trinajstić information content (AvgIpc) is 2.62. The second kappa shape index (κ2) is 3.96. The van der Waals surface area contributed by atoms with Crippen LogP contribution in [0.25, 0.3) is 5.69 Å². The Kier molecular flexibility index (Phi) is 2.44. The number of hydrogen-bond donors (Lipinski definition) is 1. The summed E-state index contributed by atoms with van der Waals surface area (Å²) in [7, 11) is 0. The molecule has 1 N–H and O–H groups in total. The van der Waals surface area contributed by atoms with Crippen LogP contribution < -0.4 is 5.32 Å². The molecule has 1 aromatic heterocycles. The lowest BCUT2D eigenvalue weighted by molar-refractivity contribution is 0.435. The molecule has 1 aliphatic heterocycles. The topological polar surface area (TPSA) is 29.9 Å². The molecule has 1 fully saturated rings. The van der Waals surface area contributed by atoms with Crippen molar-refractivity contribution < 1.29 is 4.39 Å². The van der Waals surface area contributed by atoms with E-state index >= 15 is 0 Å². The van der Waals surface area contributed by atoms with Crippen molar-refractivity contribution >= 4 is 0 Å². The maximum absolute atomic E-state index is 13.4. The Hall–Kier alpha value is -1.68. The molecular weight excluding hydrogens is 217 g/mol. The van der Waals surface area contributed by atoms with Gasteiger partial charge in [0, 0.05) is 36.6 Å². The molecule has 2 heterocycles. The molecule has 1 aromatic carbocycles. The van der Waals surface area contributed by atoms with Gasteiger partial charge in [-0.2, -0.15) is 0 Å². The van der Waals surface area contributed by atoms with Gasteiger partial charge in [0.05, 0.1) is 6.33 Å². The molecule has 0 amide bonds. The number of nitrogens with one attached hydrogen (secondary N) is 1. The Morgan fingerprint density at radius 3 is 2.82 bits per heavy atom. The lowest BCUT2D eigenvalue weighted by atomic mass is 9.99. The maximum atomic E-state index is 13.4. The summed E-state index contributed by atoms with van der Waals surface area (Å²) in [5.74, 6) is 0.285. The summed E-state index contributed by atoms with van der Waals surface area (Å²) in [5, 5.41) is 3.24. The minimum absolute atomic E-state index is 0.202. The van der Waals surface area contributed by atoms with Crippen LogP contribution in [-0.2, 0) is 0 Å². The summed E-state index contributed by atoms with van der Waals surface area (Å²) in [6, 6.07) is 5.05. The molecule has 0 aliphatic carbocycles. The largest absolute Gasteiger partial charge is 0.315 e. The van der Waals surface area contributed by atoms with Crippen LogP contribution in [0.2, 0.25) is 0 Å². The lowest BCUT2D eigenvalue weighted by Gasteiger charge is -2.27. The van der Waals surface area contributed by atoms with Crippen molar-refractivity contribution in [2.45, 2.75) is 12.8 Å². The second-order valence-corrected chi connectivity index (χ2v) is 4.53. The van der Waals surface area contributed by atoms with E-state index in [0.29, 0.717) is 5.92 Å². The number of nitrogens with zero attached hydrogens (tertiary/aromatic N) is 2. The zero-order valence-electron chi connectivity index (χ0n) is 9.65. The maximum Gasteiger partial charge on any atom is 0.125 e. The van der Waals surface area contributed by atoms with Gasteiger partial charge in [-0.1, -0.05) is 0 Å². The smallest absolute Gasteiger partial charge is 0.125 e. The molecule has 88 valence electrons.